The minimum Gasteiger partial charge on any atom is -0.494 e. The van der Waals surface area contributed by atoms with Gasteiger partial charge >= 0.3 is 0 Å². The van der Waals surface area contributed by atoms with E-state index in [4.69, 9.17) is 9.47 Å². The van der Waals surface area contributed by atoms with Gasteiger partial charge in [0.25, 0.3) is 5.91 Å². The molecule has 0 fully saturated rings. The summed E-state index contributed by atoms with van der Waals surface area (Å²) < 4.78 is 12.2. The zero-order valence-corrected chi connectivity index (χ0v) is 20.7. The van der Waals surface area contributed by atoms with Gasteiger partial charge in [-0.25, -0.2) is 0 Å². The Kier molecular flexibility index (Phi) is 7.81. The number of carbonyl (C=O) groups excluding carboxylic acids is 1. The largest absolute Gasteiger partial charge is 0.494 e. The Morgan fingerprint density at radius 3 is 2.57 bits per heavy atom. The summed E-state index contributed by atoms with van der Waals surface area (Å²) in [5.41, 5.74) is 2.31. The van der Waals surface area contributed by atoms with Gasteiger partial charge in [0, 0.05) is 11.8 Å². The standard InChI is InChI=1S/C29H23BrN2O3/c1-2-34-26-9-5-8-25(17-26)32-29(33)24(18-31)14-20-11-13-28(27(30)16-20)35-19-21-10-12-22-6-3-4-7-23(22)15-21/h3-17H,2,19H2,1H3,(H,32,33)/b24-14-. The van der Waals surface area contributed by atoms with Crippen molar-refractivity contribution in [3.63, 3.8) is 0 Å². The minimum atomic E-state index is -0.492. The minimum absolute atomic E-state index is 0.0106. The van der Waals surface area contributed by atoms with Crippen LogP contribution in [0.15, 0.2) is 95.0 Å². The van der Waals surface area contributed by atoms with E-state index in [1.807, 2.05) is 37.3 Å². The van der Waals surface area contributed by atoms with Crippen molar-refractivity contribution < 1.29 is 14.3 Å². The molecule has 35 heavy (non-hydrogen) atoms. The number of halogens is 1. The summed E-state index contributed by atoms with van der Waals surface area (Å²) in [5, 5.41) is 14.6. The highest BCUT2D eigenvalue weighted by Crippen LogP contribution is 2.28. The molecule has 0 aliphatic carbocycles. The van der Waals surface area contributed by atoms with Crippen LogP contribution in [-0.2, 0) is 11.4 Å². The van der Waals surface area contributed by atoms with Crippen molar-refractivity contribution in [1.82, 2.24) is 0 Å². The average molecular weight is 527 g/mol. The molecule has 4 aromatic carbocycles. The van der Waals surface area contributed by atoms with Gasteiger partial charge in [0.15, 0.2) is 0 Å². The Labute approximate surface area is 212 Å². The Morgan fingerprint density at radius 2 is 1.80 bits per heavy atom. The number of benzene rings is 4. The number of nitrogens with zero attached hydrogens (tertiary/aromatic N) is 1. The van der Waals surface area contributed by atoms with E-state index in [1.54, 1.807) is 36.4 Å². The fourth-order valence-corrected chi connectivity index (χ4v) is 4.07. The lowest BCUT2D eigenvalue weighted by atomic mass is 10.1. The molecule has 0 aliphatic rings. The number of carbonyl (C=O) groups is 1. The Bertz CT molecular complexity index is 1440. The summed E-state index contributed by atoms with van der Waals surface area (Å²) in [7, 11) is 0. The fraction of sp³-hybridized carbons (Fsp3) is 0.103. The monoisotopic (exact) mass is 526 g/mol. The van der Waals surface area contributed by atoms with Crippen molar-refractivity contribution in [2.45, 2.75) is 13.5 Å². The molecular formula is C29H23BrN2O3. The Hall–Kier alpha value is -4.08. The summed E-state index contributed by atoms with van der Waals surface area (Å²) in [6, 6.07) is 28.9. The fourth-order valence-electron chi connectivity index (χ4n) is 3.56. The molecule has 6 heteroatoms. The van der Waals surface area contributed by atoms with Crippen molar-refractivity contribution in [3.05, 3.63) is 106 Å². The van der Waals surface area contributed by atoms with E-state index >= 15 is 0 Å². The van der Waals surface area contributed by atoms with Crippen LogP contribution in [0.25, 0.3) is 16.8 Å². The lowest BCUT2D eigenvalue weighted by molar-refractivity contribution is -0.112. The molecule has 0 aromatic heterocycles. The Balaban J connectivity index is 1.44. The number of hydrogen-bond acceptors (Lipinski definition) is 4. The summed E-state index contributed by atoms with van der Waals surface area (Å²) in [6.07, 6.45) is 1.54. The van der Waals surface area contributed by atoms with Crippen molar-refractivity contribution in [1.29, 1.82) is 5.26 Å². The first-order valence-electron chi connectivity index (χ1n) is 11.1. The quantitative estimate of drug-likeness (QED) is 0.196. The molecule has 0 heterocycles. The molecule has 0 spiro atoms. The second-order valence-electron chi connectivity index (χ2n) is 7.74. The molecule has 0 radical (unpaired) electrons. The van der Waals surface area contributed by atoms with Crippen LogP contribution in [0.2, 0.25) is 0 Å². The van der Waals surface area contributed by atoms with E-state index in [1.165, 1.54) is 10.8 Å². The van der Waals surface area contributed by atoms with Gasteiger partial charge in [-0.15, -0.1) is 0 Å². The first-order chi connectivity index (χ1) is 17.1. The highest BCUT2D eigenvalue weighted by atomic mass is 79.9. The molecule has 1 N–H and O–H groups in total. The van der Waals surface area contributed by atoms with E-state index in [2.05, 4.69) is 51.6 Å². The summed E-state index contributed by atoms with van der Waals surface area (Å²) in [6.45, 7) is 2.84. The zero-order chi connectivity index (χ0) is 24.6. The van der Waals surface area contributed by atoms with Crippen LogP contribution in [0.5, 0.6) is 11.5 Å². The number of nitriles is 1. The molecule has 0 aliphatic heterocycles. The summed E-state index contributed by atoms with van der Waals surface area (Å²) in [4.78, 5) is 12.6. The molecular weight excluding hydrogens is 504 g/mol. The third-order valence-electron chi connectivity index (χ3n) is 5.24. The van der Waals surface area contributed by atoms with Crippen molar-refractivity contribution >= 4 is 44.4 Å². The van der Waals surface area contributed by atoms with Gasteiger partial charge in [-0.2, -0.15) is 5.26 Å². The lowest BCUT2D eigenvalue weighted by Crippen LogP contribution is -2.13. The maximum atomic E-state index is 12.6. The van der Waals surface area contributed by atoms with Crippen molar-refractivity contribution in [2.24, 2.45) is 0 Å². The molecule has 0 bridgehead atoms. The van der Waals surface area contributed by atoms with Crippen molar-refractivity contribution in [3.8, 4) is 17.6 Å². The normalized spacial score (nSPS) is 11.1. The van der Waals surface area contributed by atoms with Crippen LogP contribution in [0.4, 0.5) is 5.69 Å². The second kappa shape index (κ2) is 11.4. The first kappa shape index (κ1) is 24.1. The van der Waals surface area contributed by atoms with Gasteiger partial charge in [-0.3, -0.25) is 4.79 Å². The average Bonchev–Trinajstić information content (AvgIpc) is 2.87. The van der Waals surface area contributed by atoms with Crippen LogP contribution in [0.1, 0.15) is 18.1 Å². The summed E-state index contributed by atoms with van der Waals surface area (Å²) >= 11 is 3.53. The molecule has 4 rings (SSSR count). The van der Waals surface area contributed by atoms with Gasteiger partial charge in [-0.1, -0.05) is 48.5 Å². The lowest BCUT2D eigenvalue weighted by Gasteiger charge is -2.10. The van der Waals surface area contributed by atoms with E-state index in [0.29, 0.717) is 36.0 Å². The van der Waals surface area contributed by atoms with Crippen LogP contribution < -0.4 is 14.8 Å². The second-order valence-corrected chi connectivity index (χ2v) is 8.60. The maximum absolute atomic E-state index is 12.6. The third-order valence-corrected chi connectivity index (χ3v) is 5.86. The highest BCUT2D eigenvalue weighted by molar-refractivity contribution is 9.10. The van der Waals surface area contributed by atoms with Crippen molar-refractivity contribution in [2.75, 3.05) is 11.9 Å². The van der Waals surface area contributed by atoms with E-state index in [0.717, 1.165) is 10.0 Å². The van der Waals surface area contributed by atoms with Gasteiger partial charge in [0.1, 0.15) is 29.7 Å². The maximum Gasteiger partial charge on any atom is 0.266 e. The number of amides is 1. The van der Waals surface area contributed by atoms with E-state index in [9.17, 15) is 10.1 Å². The first-order valence-corrected chi connectivity index (χ1v) is 11.9. The smallest absolute Gasteiger partial charge is 0.266 e. The van der Waals surface area contributed by atoms with Crippen LogP contribution >= 0.6 is 15.9 Å². The van der Waals surface area contributed by atoms with Gasteiger partial charge in [-0.05, 0) is 81.2 Å². The third kappa shape index (κ3) is 6.28. The van der Waals surface area contributed by atoms with Crippen LogP contribution in [0.3, 0.4) is 0 Å². The SMILES string of the molecule is CCOc1cccc(NC(=O)/C(C#N)=C\c2ccc(OCc3ccc4ccccc4c3)c(Br)c2)c1. The number of hydrogen-bond donors (Lipinski definition) is 1. The molecule has 0 saturated carbocycles. The van der Waals surface area contributed by atoms with Gasteiger partial charge < -0.3 is 14.8 Å². The summed E-state index contributed by atoms with van der Waals surface area (Å²) in [5.74, 6) is 0.830. The number of fused-ring (bicyclic) bond motifs is 1. The van der Waals surface area contributed by atoms with Gasteiger partial charge in [0.05, 0.1) is 11.1 Å². The molecule has 1 amide bonds. The van der Waals surface area contributed by atoms with E-state index in [-0.39, 0.29) is 5.57 Å². The molecule has 0 saturated heterocycles. The topological polar surface area (TPSA) is 71.3 Å². The molecule has 5 nitrogen and oxygen atoms in total. The van der Waals surface area contributed by atoms with Crippen LogP contribution in [-0.4, -0.2) is 12.5 Å². The number of nitrogens with one attached hydrogen (secondary N) is 1. The van der Waals surface area contributed by atoms with Gasteiger partial charge in [0.2, 0.25) is 0 Å². The molecule has 174 valence electrons. The molecule has 0 atom stereocenters. The number of ether oxygens (including phenoxy) is 2. The number of anilines is 1. The number of rotatable bonds is 8. The highest BCUT2D eigenvalue weighted by Gasteiger charge is 2.11. The molecule has 0 unspecified atom stereocenters. The van der Waals surface area contributed by atoms with Crippen LogP contribution in [0, 0.1) is 11.3 Å². The zero-order valence-electron chi connectivity index (χ0n) is 19.1. The molecule has 4 aromatic rings. The predicted molar refractivity (Wildman–Crippen MR) is 142 cm³/mol. The Morgan fingerprint density at radius 1 is 0.971 bits per heavy atom. The van der Waals surface area contributed by atoms with E-state index < -0.39 is 5.91 Å². The predicted octanol–water partition coefficient (Wildman–Crippen LogP) is 7.13.